The van der Waals surface area contributed by atoms with Gasteiger partial charge in [0.15, 0.2) is 0 Å². The van der Waals surface area contributed by atoms with Gasteiger partial charge in [0.2, 0.25) is 0 Å². The van der Waals surface area contributed by atoms with E-state index in [9.17, 15) is 4.79 Å². The predicted molar refractivity (Wildman–Crippen MR) is 96.5 cm³/mol. The lowest BCUT2D eigenvalue weighted by Gasteiger charge is -2.27. The van der Waals surface area contributed by atoms with Gasteiger partial charge in [0.05, 0.1) is 19.2 Å². The molecule has 1 aromatic heterocycles. The average molecular weight is 342 g/mol. The van der Waals surface area contributed by atoms with Crippen LogP contribution >= 0.6 is 0 Å². The lowest BCUT2D eigenvalue weighted by atomic mass is 10.0. The number of carbonyl (C=O) groups is 1. The van der Waals surface area contributed by atoms with Crippen LogP contribution in [0.5, 0.6) is 5.75 Å². The van der Waals surface area contributed by atoms with Crippen molar-refractivity contribution >= 4 is 6.03 Å². The number of amides is 2. The number of ether oxygens (including phenoxy) is 1. The summed E-state index contributed by atoms with van der Waals surface area (Å²) in [5, 5.41) is 7.28. The van der Waals surface area contributed by atoms with Crippen molar-refractivity contribution in [2.75, 3.05) is 13.2 Å². The van der Waals surface area contributed by atoms with E-state index in [0.29, 0.717) is 13.2 Å². The highest BCUT2D eigenvalue weighted by Crippen LogP contribution is 2.32. The highest BCUT2D eigenvalue weighted by molar-refractivity contribution is 5.75. The molecule has 6 heteroatoms. The van der Waals surface area contributed by atoms with Crippen molar-refractivity contribution in [3.63, 3.8) is 0 Å². The van der Waals surface area contributed by atoms with E-state index < -0.39 is 0 Å². The molecular formula is C19H26N4O2. The number of rotatable bonds is 6. The summed E-state index contributed by atoms with van der Waals surface area (Å²) in [4.78, 5) is 14.6. The number of hydrogen-bond acceptors (Lipinski definition) is 3. The van der Waals surface area contributed by atoms with Gasteiger partial charge in [-0.2, -0.15) is 5.10 Å². The van der Waals surface area contributed by atoms with E-state index in [2.05, 4.69) is 22.5 Å². The Labute approximate surface area is 148 Å². The summed E-state index contributed by atoms with van der Waals surface area (Å²) in [5.74, 6) is 0.869. The van der Waals surface area contributed by atoms with Crippen LogP contribution in [0.1, 0.15) is 38.3 Å². The van der Waals surface area contributed by atoms with E-state index >= 15 is 0 Å². The molecule has 1 aliphatic heterocycles. The molecule has 0 spiro atoms. The Morgan fingerprint density at radius 3 is 2.88 bits per heavy atom. The second-order valence-electron chi connectivity index (χ2n) is 6.43. The van der Waals surface area contributed by atoms with Crippen LogP contribution in [0.25, 0.3) is 0 Å². The van der Waals surface area contributed by atoms with Crippen LogP contribution in [0.15, 0.2) is 42.7 Å². The van der Waals surface area contributed by atoms with Crippen molar-refractivity contribution in [2.24, 2.45) is 0 Å². The van der Waals surface area contributed by atoms with Crippen LogP contribution in [-0.4, -0.2) is 39.9 Å². The normalized spacial score (nSPS) is 18.2. The maximum atomic E-state index is 12.7. The van der Waals surface area contributed by atoms with Crippen molar-refractivity contribution in [3.05, 3.63) is 48.3 Å². The molecule has 1 fully saturated rings. The Kier molecular flexibility index (Phi) is 5.58. The summed E-state index contributed by atoms with van der Waals surface area (Å²) < 4.78 is 7.33. The van der Waals surface area contributed by atoms with Gasteiger partial charge in [-0.05, 0) is 50.5 Å². The van der Waals surface area contributed by atoms with E-state index in [1.54, 1.807) is 6.20 Å². The second kappa shape index (κ2) is 8.05. The molecule has 25 heavy (non-hydrogen) atoms. The van der Waals surface area contributed by atoms with Crippen LogP contribution in [0.2, 0.25) is 0 Å². The van der Waals surface area contributed by atoms with E-state index in [1.165, 1.54) is 0 Å². The molecule has 2 heterocycles. The SMILES string of the molecule is CCOc1ccc([C@H]2CCCN2C(=O)N[C@H](C)Cn2cccn2)cc1. The zero-order valence-electron chi connectivity index (χ0n) is 14.9. The molecule has 1 N–H and O–H groups in total. The standard InChI is InChI=1S/C19H26N4O2/c1-3-25-17-9-7-16(8-10-17)18-6-4-13-23(18)19(24)21-15(2)14-22-12-5-11-20-22/h5,7-12,15,18H,3-4,6,13-14H2,1-2H3,(H,21,24)/t15-,18-/m1/s1. The summed E-state index contributed by atoms with van der Waals surface area (Å²) in [6.45, 7) is 6.09. The van der Waals surface area contributed by atoms with Crippen molar-refractivity contribution in [1.29, 1.82) is 0 Å². The third-order valence-electron chi connectivity index (χ3n) is 4.48. The monoisotopic (exact) mass is 342 g/mol. The fourth-order valence-electron chi connectivity index (χ4n) is 3.34. The highest BCUT2D eigenvalue weighted by Gasteiger charge is 2.30. The molecule has 0 bridgehead atoms. The quantitative estimate of drug-likeness (QED) is 0.877. The van der Waals surface area contributed by atoms with E-state index in [0.717, 1.165) is 30.7 Å². The first-order valence-electron chi connectivity index (χ1n) is 8.94. The Balaban J connectivity index is 1.61. The Morgan fingerprint density at radius 1 is 1.40 bits per heavy atom. The van der Waals surface area contributed by atoms with Gasteiger partial charge in [0.25, 0.3) is 0 Å². The largest absolute Gasteiger partial charge is 0.494 e. The summed E-state index contributed by atoms with van der Waals surface area (Å²) >= 11 is 0. The van der Waals surface area contributed by atoms with E-state index in [4.69, 9.17) is 4.74 Å². The van der Waals surface area contributed by atoms with Gasteiger partial charge in [-0.3, -0.25) is 4.68 Å². The topological polar surface area (TPSA) is 59.4 Å². The summed E-state index contributed by atoms with van der Waals surface area (Å²) in [7, 11) is 0. The minimum absolute atomic E-state index is 0.00367. The molecular weight excluding hydrogens is 316 g/mol. The van der Waals surface area contributed by atoms with E-state index in [1.807, 2.05) is 47.8 Å². The van der Waals surface area contributed by atoms with Crippen molar-refractivity contribution in [3.8, 4) is 5.75 Å². The van der Waals surface area contributed by atoms with Crippen molar-refractivity contribution in [2.45, 2.75) is 45.3 Å². The molecule has 0 unspecified atom stereocenters. The molecule has 1 aliphatic rings. The zero-order chi connectivity index (χ0) is 17.6. The number of aromatic nitrogens is 2. The van der Waals surface area contributed by atoms with Crippen molar-refractivity contribution in [1.82, 2.24) is 20.0 Å². The summed E-state index contributed by atoms with van der Waals surface area (Å²) in [6, 6.07) is 10.1. The third kappa shape index (κ3) is 4.32. The molecule has 2 aromatic rings. The molecule has 2 atom stereocenters. The molecule has 0 saturated carbocycles. The highest BCUT2D eigenvalue weighted by atomic mass is 16.5. The summed E-state index contributed by atoms with van der Waals surface area (Å²) in [6.07, 6.45) is 5.67. The first kappa shape index (κ1) is 17.3. The number of likely N-dealkylation sites (tertiary alicyclic amines) is 1. The van der Waals surface area contributed by atoms with Gasteiger partial charge >= 0.3 is 6.03 Å². The lowest BCUT2D eigenvalue weighted by Crippen LogP contribution is -2.44. The number of urea groups is 1. The Bertz CT molecular complexity index is 669. The van der Waals surface area contributed by atoms with Gasteiger partial charge in [0.1, 0.15) is 5.75 Å². The van der Waals surface area contributed by atoms with Gasteiger partial charge in [0, 0.05) is 25.0 Å². The number of nitrogens with one attached hydrogen (secondary N) is 1. The van der Waals surface area contributed by atoms with Crippen LogP contribution in [-0.2, 0) is 6.54 Å². The first-order chi connectivity index (χ1) is 12.2. The van der Waals surface area contributed by atoms with E-state index in [-0.39, 0.29) is 18.1 Å². The minimum Gasteiger partial charge on any atom is -0.494 e. The average Bonchev–Trinajstić information content (AvgIpc) is 3.27. The van der Waals surface area contributed by atoms with Gasteiger partial charge in [-0.25, -0.2) is 4.79 Å². The fraction of sp³-hybridized carbons (Fsp3) is 0.474. The van der Waals surface area contributed by atoms with Gasteiger partial charge in [-0.15, -0.1) is 0 Å². The molecule has 6 nitrogen and oxygen atoms in total. The maximum Gasteiger partial charge on any atom is 0.318 e. The molecule has 0 radical (unpaired) electrons. The van der Waals surface area contributed by atoms with Gasteiger partial charge < -0.3 is 15.0 Å². The second-order valence-corrected chi connectivity index (χ2v) is 6.43. The predicted octanol–water partition coefficient (Wildman–Crippen LogP) is 3.22. The third-order valence-corrected chi connectivity index (χ3v) is 4.48. The Morgan fingerprint density at radius 2 is 2.20 bits per heavy atom. The number of nitrogens with zero attached hydrogens (tertiary/aromatic N) is 3. The fourth-order valence-corrected chi connectivity index (χ4v) is 3.34. The van der Waals surface area contributed by atoms with Gasteiger partial charge in [-0.1, -0.05) is 12.1 Å². The maximum absolute atomic E-state index is 12.7. The molecule has 3 rings (SSSR count). The van der Waals surface area contributed by atoms with Crippen LogP contribution in [0.3, 0.4) is 0 Å². The number of carbonyl (C=O) groups excluding carboxylic acids is 1. The first-order valence-corrected chi connectivity index (χ1v) is 8.94. The number of benzene rings is 1. The zero-order valence-corrected chi connectivity index (χ0v) is 14.9. The van der Waals surface area contributed by atoms with Crippen LogP contribution in [0.4, 0.5) is 4.79 Å². The molecule has 0 aliphatic carbocycles. The molecule has 2 amide bonds. The minimum atomic E-state index is -0.00367. The smallest absolute Gasteiger partial charge is 0.318 e. The number of hydrogen-bond donors (Lipinski definition) is 1. The molecule has 1 saturated heterocycles. The molecule has 134 valence electrons. The molecule has 1 aromatic carbocycles. The van der Waals surface area contributed by atoms with Crippen LogP contribution in [0, 0.1) is 0 Å². The Hall–Kier alpha value is -2.50. The van der Waals surface area contributed by atoms with Crippen LogP contribution < -0.4 is 10.1 Å². The lowest BCUT2D eigenvalue weighted by molar-refractivity contribution is 0.188. The van der Waals surface area contributed by atoms with Crippen molar-refractivity contribution < 1.29 is 9.53 Å². The summed E-state index contributed by atoms with van der Waals surface area (Å²) in [5.41, 5.74) is 1.16.